The van der Waals surface area contributed by atoms with Gasteiger partial charge in [-0.2, -0.15) is 0 Å². The normalized spacial score (nSPS) is 23.8. The minimum atomic E-state index is 0.624. The van der Waals surface area contributed by atoms with E-state index in [0.29, 0.717) is 6.04 Å². The van der Waals surface area contributed by atoms with Crippen LogP contribution in [0.4, 0.5) is 0 Å². The largest absolute Gasteiger partial charge is 0.372 e. The van der Waals surface area contributed by atoms with Crippen molar-refractivity contribution in [3.63, 3.8) is 0 Å². The van der Waals surface area contributed by atoms with Crippen LogP contribution in [-0.4, -0.2) is 43.0 Å². The van der Waals surface area contributed by atoms with Gasteiger partial charge < -0.3 is 5.32 Å². The lowest BCUT2D eigenvalue weighted by Crippen LogP contribution is -2.41. The second-order valence-corrected chi connectivity index (χ2v) is 5.27. The number of likely N-dealkylation sites (N-methyl/N-ethyl adjacent to an activating group) is 1. The molecule has 3 nitrogen and oxygen atoms in total. The van der Waals surface area contributed by atoms with Gasteiger partial charge in [0.05, 0.1) is 5.84 Å². The van der Waals surface area contributed by atoms with E-state index in [1.54, 1.807) is 0 Å². The molecule has 1 heterocycles. The van der Waals surface area contributed by atoms with Crippen LogP contribution in [0.5, 0.6) is 0 Å². The molecule has 1 atom stereocenters. The summed E-state index contributed by atoms with van der Waals surface area (Å²) in [5.41, 5.74) is 0. The standard InChI is InChI=1S/C13H25N3/c1-11(16(2)12-7-8-12)10-15-13-6-4-3-5-9-14-13/h11-12H,3-10H2,1-2H3,(H,14,15). The van der Waals surface area contributed by atoms with E-state index in [1.807, 2.05) is 0 Å². The molecule has 2 aliphatic rings. The first kappa shape index (κ1) is 11.9. The van der Waals surface area contributed by atoms with Gasteiger partial charge in [0.15, 0.2) is 0 Å². The predicted molar refractivity (Wildman–Crippen MR) is 69.0 cm³/mol. The molecular weight excluding hydrogens is 198 g/mol. The Hall–Kier alpha value is -0.570. The van der Waals surface area contributed by atoms with Gasteiger partial charge in [0.2, 0.25) is 0 Å². The van der Waals surface area contributed by atoms with E-state index in [9.17, 15) is 0 Å². The molecule has 0 radical (unpaired) electrons. The van der Waals surface area contributed by atoms with Gasteiger partial charge >= 0.3 is 0 Å². The first-order valence-corrected chi connectivity index (χ1v) is 6.76. The van der Waals surface area contributed by atoms with Gasteiger partial charge in [-0.05, 0) is 39.7 Å². The van der Waals surface area contributed by atoms with Gasteiger partial charge in [-0.25, -0.2) is 0 Å². The zero-order valence-corrected chi connectivity index (χ0v) is 10.7. The minimum Gasteiger partial charge on any atom is -0.372 e. The molecule has 1 aliphatic carbocycles. The smallest absolute Gasteiger partial charge is 0.0963 e. The topological polar surface area (TPSA) is 27.6 Å². The Kier molecular flexibility index (Phi) is 4.22. The Morgan fingerprint density at radius 1 is 1.38 bits per heavy atom. The second kappa shape index (κ2) is 5.67. The minimum absolute atomic E-state index is 0.624. The third-order valence-corrected chi connectivity index (χ3v) is 3.79. The van der Waals surface area contributed by atoms with Crippen LogP contribution >= 0.6 is 0 Å². The molecule has 1 saturated carbocycles. The second-order valence-electron chi connectivity index (χ2n) is 5.27. The number of rotatable bonds is 4. The number of aliphatic imine (C=N–C) groups is 1. The molecule has 0 spiro atoms. The molecule has 0 aromatic carbocycles. The Labute approximate surface area is 99.3 Å². The average Bonchev–Trinajstić information content (AvgIpc) is 3.11. The first-order chi connectivity index (χ1) is 7.77. The van der Waals surface area contributed by atoms with Crippen molar-refractivity contribution in [2.45, 2.75) is 57.5 Å². The van der Waals surface area contributed by atoms with Gasteiger partial charge in [0.1, 0.15) is 0 Å². The lowest BCUT2D eigenvalue weighted by atomic mass is 10.2. The zero-order valence-electron chi connectivity index (χ0n) is 10.7. The lowest BCUT2D eigenvalue weighted by molar-refractivity contribution is 0.247. The van der Waals surface area contributed by atoms with Crippen LogP contribution in [0.2, 0.25) is 0 Å². The summed E-state index contributed by atoms with van der Waals surface area (Å²) in [4.78, 5) is 7.11. The van der Waals surface area contributed by atoms with E-state index in [0.717, 1.165) is 25.6 Å². The van der Waals surface area contributed by atoms with Gasteiger partial charge in [-0.3, -0.25) is 9.89 Å². The summed E-state index contributed by atoms with van der Waals surface area (Å²) in [5.74, 6) is 1.24. The molecule has 0 bridgehead atoms. The van der Waals surface area contributed by atoms with Crippen molar-refractivity contribution in [1.29, 1.82) is 0 Å². The summed E-state index contributed by atoms with van der Waals surface area (Å²) >= 11 is 0. The molecule has 0 aromatic heterocycles. The maximum Gasteiger partial charge on any atom is 0.0963 e. The van der Waals surface area contributed by atoms with Crippen LogP contribution in [0.3, 0.4) is 0 Å². The van der Waals surface area contributed by atoms with Crippen molar-refractivity contribution in [3.05, 3.63) is 0 Å². The first-order valence-electron chi connectivity index (χ1n) is 6.76. The molecule has 3 heteroatoms. The van der Waals surface area contributed by atoms with Gasteiger partial charge in [0, 0.05) is 31.6 Å². The Morgan fingerprint density at radius 3 is 2.94 bits per heavy atom. The Morgan fingerprint density at radius 2 is 2.19 bits per heavy atom. The molecule has 1 N–H and O–H groups in total. The quantitative estimate of drug-likeness (QED) is 0.789. The molecular formula is C13H25N3. The van der Waals surface area contributed by atoms with Crippen molar-refractivity contribution in [1.82, 2.24) is 10.2 Å². The van der Waals surface area contributed by atoms with Gasteiger partial charge in [-0.15, -0.1) is 0 Å². The molecule has 92 valence electrons. The molecule has 1 aliphatic heterocycles. The molecule has 1 unspecified atom stereocenters. The van der Waals surface area contributed by atoms with E-state index >= 15 is 0 Å². The highest BCUT2D eigenvalue weighted by molar-refractivity contribution is 5.82. The van der Waals surface area contributed by atoms with Gasteiger partial charge in [-0.1, -0.05) is 6.42 Å². The van der Waals surface area contributed by atoms with Crippen LogP contribution in [0, 0.1) is 0 Å². The van der Waals surface area contributed by atoms with Crippen LogP contribution in [0.1, 0.15) is 45.4 Å². The molecule has 0 aromatic rings. The van der Waals surface area contributed by atoms with Crippen molar-refractivity contribution >= 4 is 5.84 Å². The summed E-state index contributed by atoms with van der Waals surface area (Å²) in [7, 11) is 2.25. The fourth-order valence-corrected chi connectivity index (χ4v) is 2.27. The number of nitrogens with zero attached hydrogens (tertiary/aromatic N) is 2. The molecule has 0 amide bonds. The van der Waals surface area contributed by atoms with Crippen molar-refractivity contribution in [2.24, 2.45) is 4.99 Å². The van der Waals surface area contributed by atoms with E-state index < -0.39 is 0 Å². The summed E-state index contributed by atoms with van der Waals surface area (Å²) in [6.45, 7) is 4.38. The number of hydrogen-bond donors (Lipinski definition) is 1. The van der Waals surface area contributed by atoms with Crippen molar-refractivity contribution in [3.8, 4) is 0 Å². The SMILES string of the molecule is CC(CNC1=NCCCCC1)N(C)C1CC1. The summed E-state index contributed by atoms with van der Waals surface area (Å²) in [6, 6.07) is 1.48. The van der Waals surface area contributed by atoms with E-state index in [1.165, 1.54) is 37.9 Å². The third-order valence-electron chi connectivity index (χ3n) is 3.79. The molecule has 0 saturated heterocycles. The Balaban J connectivity index is 1.70. The summed E-state index contributed by atoms with van der Waals surface area (Å²) in [5, 5.41) is 3.53. The predicted octanol–water partition coefficient (Wildman–Crippen LogP) is 2.03. The third kappa shape index (κ3) is 3.48. The number of nitrogens with one attached hydrogen (secondary N) is 1. The highest BCUT2D eigenvalue weighted by Gasteiger charge is 2.28. The fraction of sp³-hybridized carbons (Fsp3) is 0.923. The monoisotopic (exact) mass is 223 g/mol. The summed E-state index contributed by atoms with van der Waals surface area (Å²) < 4.78 is 0. The van der Waals surface area contributed by atoms with Crippen molar-refractivity contribution in [2.75, 3.05) is 20.1 Å². The van der Waals surface area contributed by atoms with E-state index in [4.69, 9.17) is 0 Å². The van der Waals surface area contributed by atoms with Gasteiger partial charge in [0.25, 0.3) is 0 Å². The van der Waals surface area contributed by atoms with Crippen LogP contribution in [-0.2, 0) is 0 Å². The van der Waals surface area contributed by atoms with E-state index in [-0.39, 0.29) is 0 Å². The lowest BCUT2D eigenvalue weighted by Gasteiger charge is -2.25. The fourth-order valence-electron chi connectivity index (χ4n) is 2.27. The summed E-state index contributed by atoms with van der Waals surface area (Å²) in [6.07, 6.45) is 7.84. The maximum atomic E-state index is 4.60. The molecule has 16 heavy (non-hydrogen) atoms. The highest BCUT2D eigenvalue weighted by atomic mass is 15.2. The number of amidine groups is 1. The van der Waals surface area contributed by atoms with Crippen LogP contribution < -0.4 is 5.32 Å². The van der Waals surface area contributed by atoms with E-state index in [2.05, 4.69) is 29.2 Å². The van der Waals surface area contributed by atoms with Crippen LogP contribution in [0.15, 0.2) is 4.99 Å². The van der Waals surface area contributed by atoms with Crippen LogP contribution in [0.25, 0.3) is 0 Å². The molecule has 2 rings (SSSR count). The zero-order chi connectivity index (χ0) is 11.4. The highest BCUT2D eigenvalue weighted by Crippen LogP contribution is 2.26. The van der Waals surface area contributed by atoms with Crippen molar-refractivity contribution < 1.29 is 0 Å². The maximum absolute atomic E-state index is 4.60. The molecule has 1 fully saturated rings. The average molecular weight is 223 g/mol. The number of hydrogen-bond acceptors (Lipinski definition) is 3. The Bertz CT molecular complexity index is 246.